The number of hydrogen-bond acceptors (Lipinski definition) is 4. The van der Waals surface area contributed by atoms with Crippen molar-refractivity contribution in [1.29, 1.82) is 0 Å². The van der Waals surface area contributed by atoms with Gasteiger partial charge in [0.2, 0.25) is 0 Å². The molecule has 0 aliphatic carbocycles. The number of nitrogens with zero attached hydrogens (tertiary/aromatic N) is 2. The molecule has 5 nitrogen and oxygen atoms in total. The first kappa shape index (κ1) is 16.5. The minimum absolute atomic E-state index is 0.0871. The molecule has 5 heteroatoms. The molecule has 1 aromatic carbocycles. The monoisotopic (exact) mass is 348 g/mol. The van der Waals surface area contributed by atoms with E-state index in [-0.39, 0.29) is 23.1 Å². The highest BCUT2D eigenvalue weighted by Gasteiger charge is 2.31. The highest BCUT2D eigenvalue weighted by Crippen LogP contribution is 2.31. The Hall–Kier alpha value is -2.95. The van der Waals surface area contributed by atoms with Crippen molar-refractivity contribution in [2.24, 2.45) is 0 Å². The molecule has 1 fully saturated rings. The van der Waals surface area contributed by atoms with Crippen LogP contribution in [0.15, 0.2) is 57.9 Å². The number of piperidine rings is 1. The molecule has 1 aliphatic heterocycles. The Morgan fingerprint density at radius 2 is 2.08 bits per heavy atom. The summed E-state index contributed by atoms with van der Waals surface area (Å²) < 4.78 is 5.81. The van der Waals surface area contributed by atoms with Crippen LogP contribution in [0.1, 0.15) is 47.1 Å². The first-order chi connectivity index (χ1) is 12.6. The fourth-order valence-electron chi connectivity index (χ4n) is 3.56. The summed E-state index contributed by atoms with van der Waals surface area (Å²) in [4.78, 5) is 31.7. The van der Waals surface area contributed by atoms with Gasteiger partial charge in [0.05, 0.1) is 17.1 Å². The quantitative estimate of drug-likeness (QED) is 0.705. The molecule has 2 aromatic heterocycles. The van der Waals surface area contributed by atoms with Crippen LogP contribution >= 0.6 is 0 Å². The van der Waals surface area contributed by atoms with Gasteiger partial charge in [0.15, 0.2) is 11.2 Å². The van der Waals surface area contributed by atoms with Crippen molar-refractivity contribution in [1.82, 2.24) is 9.88 Å². The fraction of sp³-hybridized carbons (Fsp3) is 0.286. The average Bonchev–Trinajstić information content (AvgIpc) is 2.67. The molecule has 1 atom stereocenters. The molecule has 0 N–H and O–H groups in total. The van der Waals surface area contributed by atoms with E-state index in [2.05, 4.69) is 4.98 Å². The molecule has 132 valence electrons. The molecule has 0 radical (unpaired) electrons. The molecule has 0 saturated carbocycles. The largest absolute Gasteiger partial charge is 0.451 e. The SMILES string of the molecule is Cc1ccc2c(=O)cc(C(=O)N3CCCC[C@H]3c3ccccn3)oc2c1. The van der Waals surface area contributed by atoms with Crippen LogP contribution < -0.4 is 5.43 Å². The number of likely N-dealkylation sites (tertiary alicyclic amines) is 1. The van der Waals surface area contributed by atoms with E-state index in [4.69, 9.17) is 4.42 Å². The second kappa shape index (κ2) is 6.75. The number of benzene rings is 1. The number of rotatable bonds is 2. The number of carbonyl (C=O) groups excluding carboxylic acids is 1. The Morgan fingerprint density at radius 3 is 2.88 bits per heavy atom. The van der Waals surface area contributed by atoms with E-state index in [1.165, 1.54) is 6.07 Å². The zero-order valence-corrected chi connectivity index (χ0v) is 14.6. The van der Waals surface area contributed by atoms with Crippen LogP contribution in [0, 0.1) is 6.92 Å². The van der Waals surface area contributed by atoms with Gasteiger partial charge in [0.1, 0.15) is 5.58 Å². The van der Waals surface area contributed by atoms with Gasteiger partial charge in [-0.15, -0.1) is 0 Å². The fourth-order valence-corrected chi connectivity index (χ4v) is 3.56. The summed E-state index contributed by atoms with van der Waals surface area (Å²) in [6.07, 6.45) is 4.59. The lowest BCUT2D eigenvalue weighted by Gasteiger charge is -2.35. The van der Waals surface area contributed by atoms with E-state index in [0.29, 0.717) is 17.5 Å². The lowest BCUT2D eigenvalue weighted by molar-refractivity contribution is 0.0574. The average molecular weight is 348 g/mol. The third kappa shape index (κ3) is 3.01. The molecule has 26 heavy (non-hydrogen) atoms. The van der Waals surface area contributed by atoms with E-state index in [1.807, 2.05) is 31.2 Å². The van der Waals surface area contributed by atoms with Gasteiger partial charge in [-0.3, -0.25) is 14.6 Å². The Morgan fingerprint density at radius 1 is 1.19 bits per heavy atom. The Labute approximate surface area is 151 Å². The molecular weight excluding hydrogens is 328 g/mol. The van der Waals surface area contributed by atoms with Gasteiger partial charge < -0.3 is 9.32 Å². The zero-order chi connectivity index (χ0) is 18.1. The van der Waals surface area contributed by atoms with E-state index < -0.39 is 0 Å². The Balaban J connectivity index is 1.74. The molecule has 0 bridgehead atoms. The van der Waals surface area contributed by atoms with E-state index in [1.54, 1.807) is 23.2 Å². The lowest BCUT2D eigenvalue weighted by Crippen LogP contribution is -2.39. The van der Waals surface area contributed by atoms with Gasteiger partial charge in [-0.25, -0.2) is 0 Å². The maximum atomic E-state index is 13.1. The molecule has 0 spiro atoms. The van der Waals surface area contributed by atoms with Crippen LogP contribution in [-0.4, -0.2) is 22.3 Å². The van der Waals surface area contributed by atoms with Gasteiger partial charge in [-0.1, -0.05) is 12.1 Å². The van der Waals surface area contributed by atoms with Gasteiger partial charge in [-0.05, 0) is 56.0 Å². The molecule has 4 rings (SSSR count). The van der Waals surface area contributed by atoms with Crippen LogP contribution in [0.3, 0.4) is 0 Å². The van der Waals surface area contributed by atoms with Crippen molar-refractivity contribution < 1.29 is 9.21 Å². The number of amides is 1. The molecule has 1 amide bonds. The molecular formula is C21H20N2O3. The normalized spacial score (nSPS) is 17.4. The Kier molecular flexibility index (Phi) is 4.29. The summed E-state index contributed by atoms with van der Waals surface area (Å²) in [5.41, 5.74) is 2.11. The number of carbonyl (C=O) groups is 1. The smallest absolute Gasteiger partial charge is 0.290 e. The topological polar surface area (TPSA) is 63.4 Å². The molecule has 1 saturated heterocycles. The van der Waals surface area contributed by atoms with Gasteiger partial charge in [-0.2, -0.15) is 0 Å². The molecule has 3 heterocycles. The van der Waals surface area contributed by atoms with Crippen molar-refractivity contribution in [3.8, 4) is 0 Å². The molecule has 0 unspecified atom stereocenters. The zero-order valence-electron chi connectivity index (χ0n) is 14.6. The first-order valence-electron chi connectivity index (χ1n) is 8.90. The van der Waals surface area contributed by atoms with E-state index >= 15 is 0 Å². The van der Waals surface area contributed by atoms with Crippen molar-refractivity contribution in [3.05, 3.63) is 75.9 Å². The Bertz CT molecular complexity index is 1010. The molecule has 1 aliphatic rings. The van der Waals surface area contributed by atoms with Gasteiger partial charge in [0.25, 0.3) is 5.91 Å². The first-order valence-corrected chi connectivity index (χ1v) is 8.90. The maximum absolute atomic E-state index is 13.1. The third-order valence-corrected chi connectivity index (χ3v) is 4.89. The van der Waals surface area contributed by atoms with E-state index in [0.717, 1.165) is 30.5 Å². The summed E-state index contributed by atoms with van der Waals surface area (Å²) in [5, 5.41) is 0.493. The van der Waals surface area contributed by atoms with E-state index in [9.17, 15) is 9.59 Å². The predicted molar refractivity (Wildman–Crippen MR) is 99.1 cm³/mol. The number of hydrogen-bond donors (Lipinski definition) is 0. The summed E-state index contributed by atoms with van der Waals surface area (Å²) in [6.45, 7) is 2.56. The number of fused-ring (bicyclic) bond motifs is 1. The van der Waals surface area contributed by atoms with Crippen molar-refractivity contribution in [3.63, 3.8) is 0 Å². The van der Waals surface area contributed by atoms with Crippen molar-refractivity contribution in [2.75, 3.05) is 6.54 Å². The minimum atomic E-state index is -0.249. The summed E-state index contributed by atoms with van der Waals surface area (Å²) >= 11 is 0. The van der Waals surface area contributed by atoms with Crippen molar-refractivity contribution >= 4 is 16.9 Å². The third-order valence-electron chi connectivity index (χ3n) is 4.89. The summed E-state index contributed by atoms with van der Waals surface area (Å²) in [6, 6.07) is 12.4. The van der Waals surface area contributed by atoms with Crippen LogP contribution in [0.25, 0.3) is 11.0 Å². The number of aromatic nitrogens is 1. The minimum Gasteiger partial charge on any atom is -0.451 e. The maximum Gasteiger partial charge on any atom is 0.290 e. The predicted octanol–water partition coefficient (Wildman–Crippen LogP) is 3.86. The van der Waals surface area contributed by atoms with Crippen LogP contribution in [0.5, 0.6) is 0 Å². The second-order valence-electron chi connectivity index (χ2n) is 6.74. The summed E-state index contributed by atoms with van der Waals surface area (Å²) in [7, 11) is 0. The second-order valence-corrected chi connectivity index (χ2v) is 6.74. The van der Waals surface area contributed by atoms with Crippen LogP contribution in [-0.2, 0) is 0 Å². The highest BCUT2D eigenvalue weighted by atomic mass is 16.3. The lowest BCUT2D eigenvalue weighted by atomic mass is 9.98. The number of aryl methyl sites for hydroxylation is 1. The molecule has 3 aromatic rings. The summed E-state index contributed by atoms with van der Waals surface area (Å²) in [5.74, 6) is -0.156. The van der Waals surface area contributed by atoms with Gasteiger partial charge >= 0.3 is 0 Å². The van der Waals surface area contributed by atoms with Gasteiger partial charge in [0, 0.05) is 18.8 Å². The van der Waals surface area contributed by atoms with Crippen LogP contribution in [0.2, 0.25) is 0 Å². The standard InChI is InChI=1S/C21H20N2O3/c1-14-8-9-15-18(24)13-20(26-19(15)12-14)21(25)23-11-5-3-7-17(23)16-6-2-4-10-22-16/h2,4,6,8-10,12-13,17H,3,5,7,11H2,1H3/t17-/m0/s1. The highest BCUT2D eigenvalue weighted by molar-refractivity contribution is 5.93. The van der Waals surface area contributed by atoms with Crippen molar-refractivity contribution in [2.45, 2.75) is 32.2 Å². The number of pyridine rings is 1. The van der Waals surface area contributed by atoms with Crippen LogP contribution in [0.4, 0.5) is 0 Å².